The molecule has 0 radical (unpaired) electrons. The molecule has 0 amide bonds. The molecular weight excluding hydrogens is 428 g/mol. The first-order valence-corrected chi connectivity index (χ1v) is 11.1. The summed E-state index contributed by atoms with van der Waals surface area (Å²) in [6.07, 6.45) is 1.81. The number of halogens is 1. The van der Waals surface area contributed by atoms with Gasteiger partial charge >= 0.3 is 5.97 Å². The van der Waals surface area contributed by atoms with E-state index in [1.807, 2.05) is 35.7 Å². The Labute approximate surface area is 179 Å². The van der Waals surface area contributed by atoms with E-state index in [1.54, 1.807) is 30.5 Å². The fourth-order valence-corrected chi connectivity index (χ4v) is 5.21. The van der Waals surface area contributed by atoms with Crippen molar-refractivity contribution >= 4 is 46.3 Å². The molecule has 1 aliphatic heterocycles. The standard InChI is InChI=1S/C21H17ClN2O3S2/c1-3-27-20(26)17-12(2)23-21-24(18(17)15-5-4-10-28-15)19(25)16(29-21)11-13-6-8-14(22)9-7-13/h4-11,18H,3H2,1-2H3/b16-11+/t18-/m1/s1. The van der Waals surface area contributed by atoms with Gasteiger partial charge in [-0.3, -0.25) is 9.36 Å². The summed E-state index contributed by atoms with van der Waals surface area (Å²) >= 11 is 8.75. The minimum Gasteiger partial charge on any atom is -0.463 e. The zero-order chi connectivity index (χ0) is 20.5. The summed E-state index contributed by atoms with van der Waals surface area (Å²) in [6, 6.07) is 10.5. The minimum absolute atomic E-state index is 0.184. The van der Waals surface area contributed by atoms with Crippen LogP contribution in [0.4, 0.5) is 0 Å². The van der Waals surface area contributed by atoms with Crippen LogP contribution in [0.5, 0.6) is 0 Å². The third kappa shape index (κ3) is 3.73. The summed E-state index contributed by atoms with van der Waals surface area (Å²) in [5, 5.41) is 2.56. The Bertz CT molecular complexity index is 1270. The van der Waals surface area contributed by atoms with Crippen LogP contribution in [0.1, 0.15) is 30.3 Å². The van der Waals surface area contributed by atoms with Gasteiger partial charge in [0.25, 0.3) is 5.56 Å². The van der Waals surface area contributed by atoms with Crippen LogP contribution < -0.4 is 14.9 Å². The lowest BCUT2D eigenvalue weighted by Crippen LogP contribution is -2.39. The maximum absolute atomic E-state index is 13.3. The molecule has 0 saturated heterocycles. The van der Waals surface area contributed by atoms with Crippen molar-refractivity contribution in [1.29, 1.82) is 0 Å². The first-order valence-electron chi connectivity index (χ1n) is 8.98. The Kier molecular flexibility index (Phi) is 5.54. The van der Waals surface area contributed by atoms with Gasteiger partial charge < -0.3 is 4.74 Å². The van der Waals surface area contributed by atoms with Crippen LogP contribution in [0.2, 0.25) is 5.02 Å². The molecule has 0 bridgehead atoms. The average molecular weight is 445 g/mol. The molecule has 0 unspecified atom stereocenters. The second-order valence-electron chi connectivity index (χ2n) is 6.37. The van der Waals surface area contributed by atoms with Gasteiger partial charge in [0, 0.05) is 9.90 Å². The van der Waals surface area contributed by atoms with Crippen molar-refractivity contribution in [3.8, 4) is 0 Å². The van der Waals surface area contributed by atoms with Gasteiger partial charge in [-0.15, -0.1) is 11.3 Å². The van der Waals surface area contributed by atoms with Crippen LogP contribution >= 0.6 is 34.3 Å². The lowest BCUT2D eigenvalue weighted by molar-refractivity contribution is -0.139. The Balaban J connectivity index is 1.93. The van der Waals surface area contributed by atoms with Gasteiger partial charge in [-0.05, 0) is 49.1 Å². The van der Waals surface area contributed by atoms with Gasteiger partial charge in [0.1, 0.15) is 6.04 Å². The number of thiazole rings is 1. The van der Waals surface area contributed by atoms with Crippen molar-refractivity contribution in [2.75, 3.05) is 6.61 Å². The van der Waals surface area contributed by atoms with E-state index in [9.17, 15) is 9.59 Å². The van der Waals surface area contributed by atoms with E-state index in [-0.39, 0.29) is 12.2 Å². The van der Waals surface area contributed by atoms with Crippen molar-refractivity contribution in [3.63, 3.8) is 0 Å². The van der Waals surface area contributed by atoms with E-state index < -0.39 is 12.0 Å². The minimum atomic E-state index is -0.544. The average Bonchev–Trinajstić information content (AvgIpc) is 3.32. The molecule has 29 heavy (non-hydrogen) atoms. The second kappa shape index (κ2) is 8.10. The van der Waals surface area contributed by atoms with Gasteiger partial charge in [-0.1, -0.05) is 41.1 Å². The fourth-order valence-electron chi connectivity index (χ4n) is 3.22. The summed E-state index contributed by atoms with van der Waals surface area (Å²) in [7, 11) is 0. The van der Waals surface area contributed by atoms with Crippen molar-refractivity contribution in [1.82, 2.24) is 4.57 Å². The Morgan fingerprint density at radius 2 is 2.07 bits per heavy atom. The molecule has 3 heterocycles. The highest BCUT2D eigenvalue weighted by molar-refractivity contribution is 7.10. The molecule has 0 N–H and O–H groups in total. The van der Waals surface area contributed by atoms with Crippen LogP contribution in [-0.4, -0.2) is 17.1 Å². The molecule has 0 saturated carbocycles. The van der Waals surface area contributed by atoms with Gasteiger partial charge in [-0.25, -0.2) is 9.79 Å². The van der Waals surface area contributed by atoms with Crippen molar-refractivity contribution in [2.45, 2.75) is 19.9 Å². The Hall–Kier alpha value is -2.48. The maximum Gasteiger partial charge on any atom is 0.338 e. The number of rotatable bonds is 4. The smallest absolute Gasteiger partial charge is 0.338 e. The quantitative estimate of drug-likeness (QED) is 0.578. The van der Waals surface area contributed by atoms with Gasteiger partial charge in [0.15, 0.2) is 4.80 Å². The predicted molar refractivity (Wildman–Crippen MR) is 116 cm³/mol. The fraction of sp³-hybridized carbons (Fsp3) is 0.190. The largest absolute Gasteiger partial charge is 0.463 e. The van der Waals surface area contributed by atoms with Crippen LogP contribution in [-0.2, 0) is 9.53 Å². The lowest BCUT2D eigenvalue weighted by Gasteiger charge is -2.23. The summed E-state index contributed by atoms with van der Waals surface area (Å²) in [4.78, 5) is 32.0. The second-order valence-corrected chi connectivity index (χ2v) is 8.79. The van der Waals surface area contributed by atoms with E-state index in [1.165, 1.54) is 22.7 Å². The van der Waals surface area contributed by atoms with E-state index in [2.05, 4.69) is 4.99 Å². The molecule has 0 fully saturated rings. The van der Waals surface area contributed by atoms with E-state index >= 15 is 0 Å². The molecule has 8 heteroatoms. The van der Waals surface area contributed by atoms with E-state index in [4.69, 9.17) is 16.3 Å². The van der Waals surface area contributed by atoms with E-state index in [0.29, 0.717) is 25.6 Å². The number of esters is 1. The lowest BCUT2D eigenvalue weighted by atomic mass is 10.0. The first kappa shape index (κ1) is 19.8. The van der Waals surface area contributed by atoms with E-state index in [0.717, 1.165) is 10.4 Å². The first-order chi connectivity index (χ1) is 14.0. The number of benzene rings is 1. The van der Waals surface area contributed by atoms with Gasteiger partial charge in [0.05, 0.1) is 22.4 Å². The number of fused-ring (bicyclic) bond motifs is 1. The summed E-state index contributed by atoms with van der Waals surface area (Å²) in [5.41, 5.74) is 1.66. The number of ether oxygens (including phenoxy) is 1. The van der Waals surface area contributed by atoms with Crippen LogP contribution in [0.3, 0.4) is 0 Å². The van der Waals surface area contributed by atoms with Crippen molar-refractivity contribution in [2.24, 2.45) is 4.99 Å². The summed E-state index contributed by atoms with van der Waals surface area (Å²) in [5.74, 6) is -0.445. The maximum atomic E-state index is 13.3. The van der Waals surface area contributed by atoms with Crippen LogP contribution in [0.15, 0.2) is 62.8 Å². The zero-order valence-electron chi connectivity index (χ0n) is 15.7. The molecule has 0 aliphatic carbocycles. The zero-order valence-corrected chi connectivity index (χ0v) is 18.1. The van der Waals surface area contributed by atoms with Gasteiger partial charge in [0.2, 0.25) is 0 Å². The molecule has 1 aliphatic rings. The molecule has 1 atom stereocenters. The molecule has 0 spiro atoms. The monoisotopic (exact) mass is 444 g/mol. The highest BCUT2D eigenvalue weighted by Crippen LogP contribution is 2.33. The number of thiophene rings is 1. The van der Waals surface area contributed by atoms with Crippen molar-refractivity contribution < 1.29 is 9.53 Å². The number of carbonyl (C=O) groups excluding carboxylic acids is 1. The Morgan fingerprint density at radius 1 is 1.31 bits per heavy atom. The molecule has 4 rings (SSSR count). The third-order valence-electron chi connectivity index (χ3n) is 4.50. The molecule has 1 aromatic carbocycles. The molecular formula is C21H17ClN2O3S2. The van der Waals surface area contributed by atoms with Gasteiger partial charge in [-0.2, -0.15) is 0 Å². The molecule has 148 valence electrons. The molecule has 2 aromatic heterocycles. The summed E-state index contributed by atoms with van der Waals surface area (Å²) < 4.78 is 7.41. The van der Waals surface area contributed by atoms with Crippen LogP contribution in [0.25, 0.3) is 6.08 Å². The molecule has 3 aromatic rings. The molecule has 5 nitrogen and oxygen atoms in total. The number of carbonyl (C=O) groups is 1. The third-order valence-corrected chi connectivity index (χ3v) is 6.66. The number of nitrogens with zero attached hydrogens (tertiary/aromatic N) is 2. The normalized spacial score (nSPS) is 16.5. The highest BCUT2D eigenvalue weighted by Gasteiger charge is 2.33. The number of hydrogen-bond acceptors (Lipinski definition) is 6. The van der Waals surface area contributed by atoms with Crippen LogP contribution in [0, 0.1) is 0 Å². The number of aromatic nitrogens is 1. The number of allylic oxidation sites excluding steroid dienone is 1. The topological polar surface area (TPSA) is 60.7 Å². The Morgan fingerprint density at radius 3 is 2.72 bits per heavy atom. The predicted octanol–water partition coefficient (Wildman–Crippen LogP) is 3.51. The highest BCUT2D eigenvalue weighted by atomic mass is 35.5. The SMILES string of the molecule is CCOC(=O)C1=C(C)N=c2s/c(=C/c3ccc(Cl)cc3)c(=O)n2[C@@H]1c1cccs1. The van der Waals surface area contributed by atoms with Crippen molar-refractivity contribution in [3.05, 3.63) is 88.2 Å². The number of hydrogen-bond donors (Lipinski definition) is 0. The summed E-state index contributed by atoms with van der Waals surface area (Å²) in [6.45, 7) is 3.80.